The molecule has 8 heteroatoms. The summed E-state index contributed by atoms with van der Waals surface area (Å²) in [5.41, 5.74) is -0.989. The van der Waals surface area contributed by atoms with Gasteiger partial charge >= 0.3 is 6.18 Å². The molecule has 2 N–H and O–H groups in total. The third-order valence-corrected chi connectivity index (χ3v) is 3.97. The van der Waals surface area contributed by atoms with Gasteiger partial charge in [0.25, 0.3) is 0 Å². The van der Waals surface area contributed by atoms with Crippen molar-refractivity contribution in [3.8, 4) is 0 Å². The van der Waals surface area contributed by atoms with Gasteiger partial charge in [0.05, 0.1) is 10.5 Å². The summed E-state index contributed by atoms with van der Waals surface area (Å²) in [5, 5.41) is 2.82. The van der Waals surface area contributed by atoms with Crippen LogP contribution in [0.25, 0.3) is 0 Å². The monoisotopic (exact) mass is 296 g/mol. The minimum absolute atomic E-state index is 0.0923. The Morgan fingerprint density at radius 1 is 1.32 bits per heavy atom. The molecule has 0 aliphatic heterocycles. The van der Waals surface area contributed by atoms with Crippen LogP contribution in [-0.2, 0) is 16.2 Å². The van der Waals surface area contributed by atoms with E-state index in [9.17, 15) is 21.6 Å². The topological polar surface area (TPSA) is 58.2 Å². The summed E-state index contributed by atoms with van der Waals surface area (Å²) in [6.07, 6.45) is -4.57. The Kier molecular flexibility index (Phi) is 4.94. The molecule has 19 heavy (non-hydrogen) atoms. The Morgan fingerprint density at radius 3 is 2.47 bits per heavy atom. The van der Waals surface area contributed by atoms with Gasteiger partial charge in [0.15, 0.2) is 0 Å². The summed E-state index contributed by atoms with van der Waals surface area (Å²) in [6, 6.07) is 3.52. The number of alkyl halides is 3. The van der Waals surface area contributed by atoms with Crippen molar-refractivity contribution in [2.75, 3.05) is 13.6 Å². The molecule has 0 aliphatic carbocycles. The molecule has 4 nitrogen and oxygen atoms in total. The van der Waals surface area contributed by atoms with Gasteiger partial charge in [-0.1, -0.05) is 6.07 Å². The predicted octanol–water partition coefficient (Wildman–Crippen LogP) is 1.59. The lowest BCUT2D eigenvalue weighted by Gasteiger charge is -2.13. The Bertz CT molecular complexity index is 529. The number of sulfonamides is 1. The number of hydrogen-bond acceptors (Lipinski definition) is 3. The number of rotatable bonds is 5. The van der Waals surface area contributed by atoms with Crippen molar-refractivity contribution in [2.24, 2.45) is 0 Å². The van der Waals surface area contributed by atoms with Crippen LogP contribution in [0.5, 0.6) is 0 Å². The molecule has 1 unspecified atom stereocenters. The molecule has 1 aromatic carbocycles. The van der Waals surface area contributed by atoms with Crippen LogP contribution in [0.3, 0.4) is 0 Å². The molecular weight excluding hydrogens is 281 g/mol. The van der Waals surface area contributed by atoms with Crippen LogP contribution in [0.1, 0.15) is 12.5 Å². The molecule has 0 saturated carbocycles. The molecule has 0 fully saturated rings. The molecule has 0 heterocycles. The quantitative estimate of drug-likeness (QED) is 0.867. The molecule has 0 bridgehead atoms. The first-order valence-electron chi connectivity index (χ1n) is 5.51. The van der Waals surface area contributed by atoms with Gasteiger partial charge in [-0.2, -0.15) is 13.2 Å². The minimum Gasteiger partial charge on any atom is -0.316 e. The zero-order valence-electron chi connectivity index (χ0n) is 10.5. The van der Waals surface area contributed by atoms with Gasteiger partial charge in [-0.05, 0) is 32.2 Å². The highest BCUT2D eigenvalue weighted by Gasteiger charge is 2.31. The van der Waals surface area contributed by atoms with Crippen LogP contribution in [0, 0.1) is 0 Å². The predicted molar refractivity (Wildman–Crippen MR) is 65.2 cm³/mol. The second kappa shape index (κ2) is 5.89. The van der Waals surface area contributed by atoms with Crippen molar-refractivity contribution in [1.82, 2.24) is 10.0 Å². The van der Waals surface area contributed by atoms with Crippen LogP contribution >= 0.6 is 0 Å². The Labute approximate surface area is 110 Å². The fraction of sp³-hybridized carbons (Fsp3) is 0.455. The summed E-state index contributed by atoms with van der Waals surface area (Å²) in [7, 11) is -2.28. The molecule has 0 radical (unpaired) electrons. The molecule has 0 spiro atoms. The van der Waals surface area contributed by atoms with E-state index in [0.29, 0.717) is 6.07 Å². The van der Waals surface area contributed by atoms with Crippen LogP contribution in [0.4, 0.5) is 13.2 Å². The van der Waals surface area contributed by atoms with Gasteiger partial charge in [0.2, 0.25) is 10.0 Å². The first kappa shape index (κ1) is 15.9. The molecule has 0 saturated heterocycles. The standard InChI is InChI=1S/C11H15F3N2O2S/c1-8(15-2)7-16-19(17,18)10-5-3-4-9(6-10)11(12,13)14/h3-6,8,15-16H,7H2,1-2H3. The van der Waals surface area contributed by atoms with Crippen LogP contribution in [0.2, 0.25) is 0 Å². The summed E-state index contributed by atoms with van der Waals surface area (Å²) >= 11 is 0. The highest BCUT2D eigenvalue weighted by molar-refractivity contribution is 7.89. The number of halogens is 3. The van der Waals surface area contributed by atoms with E-state index in [1.165, 1.54) is 0 Å². The maximum atomic E-state index is 12.5. The number of hydrogen-bond donors (Lipinski definition) is 2. The van der Waals surface area contributed by atoms with Crippen molar-refractivity contribution < 1.29 is 21.6 Å². The summed E-state index contributed by atoms with van der Waals surface area (Å²) in [4.78, 5) is -0.398. The maximum Gasteiger partial charge on any atom is 0.416 e. The van der Waals surface area contributed by atoms with E-state index in [4.69, 9.17) is 0 Å². The first-order valence-corrected chi connectivity index (χ1v) is 6.99. The van der Waals surface area contributed by atoms with E-state index in [1.54, 1.807) is 14.0 Å². The fourth-order valence-electron chi connectivity index (χ4n) is 1.26. The lowest BCUT2D eigenvalue weighted by Crippen LogP contribution is -2.37. The van der Waals surface area contributed by atoms with Crippen LogP contribution in [-0.4, -0.2) is 28.1 Å². The van der Waals surface area contributed by atoms with Crippen molar-refractivity contribution in [3.63, 3.8) is 0 Å². The molecule has 0 amide bonds. The van der Waals surface area contributed by atoms with Gasteiger partial charge < -0.3 is 5.32 Å². The number of benzene rings is 1. The highest BCUT2D eigenvalue weighted by Crippen LogP contribution is 2.30. The third-order valence-electron chi connectivity index (χ3n) is 2.54. The molecule has 1 aromatic rings. The largest absolute Gasteiger partial charge is 0.416 e. The second-order valence-corrected chi connectivity index (χ2v) is 5.83. The average molecular weight is 296 g/mol. The zero-order valence-corrected chi connectivity index (χ0v) is 11.3. The van der Waals surface area contributed by atoms with Crippen molar-refractivity contribution >= 4 is 10.0 Å². The van der Waals surface area contributed by atoms with E-state index in [0.717, 1.165) is 18.2 Å². The van der Waals surface area contributed by atoms with Gasteiger partial charge in [0.1, 0.15) is 0 Å². The first-order chi connectivity index (χ1) is 8.66. The van der Waals surface area contributed by atoms with Crippen LogP contribution in [0.15, 0.2) is 29.2 Å². The summed E-state index contributed by atoms with van der Waals surface area (Å²) in [6.45, 7) is 1.84. The molecule has 1 atom stereocenters. The average Bonchev–Trinajstić information content (AvgIpc) is 2.35. The molecule has 1 rings (SSSR count). The summed E-state index contributed by atoms with van der Waals surface area (Å²) < 4.78 is 63.4. The third kappa shape index (κ3) is 4.48. The Hall–Kier alpha value is -1.12. The number of likely N-dealkylation sites (N-methyl/N-ethyl adjacent to an activating group) is 1. The SMILES string of the molecule is CNC(C)CNS(=O)(=O)c1cccc(C(F)(F)F)c1. The minimum atomic E-state index is -4.57. The van der Waals surface area contributed by atoms with Crippen molar-refractivity contribution in [2.45, 2.75) is 24.0 Å². The fourth-order valence-corrected chi connectivity index (χ4v) is 2.44. The summed E-state index contributed by atoms with van der Waals surface area (Å²) in [5.74, 6) is 0. The van der Waals surface area contributed by atoms with Gasteiger partial charge in [-0.3, -0.25) is 0 Å². The zero-order chi connectivity index (χ0) is 14.7. The maximum absolute atomic E-state index is 12.5. The van der Waals surface area contributed by atoms with Gasteiger partial charge in [-0.25, -0.2) is 13.1 Å². The number of nitrogens with one attached hydrogen (secondary N) is 2. The van der Waals surface area contributed by atoms with E-state index >= 15 is 0 Å². The van der Waals surface area contributed by atoms with E-state index in [-0.39, 0.29) is 12.6 Å². The van der Waals surface area contributed by atoms with Crippen molar-refractivity contribution in [3.05, 3.63) is 29.8 Å². The van der Waals surface area contributed by atoms with Gasteiger partial charge in [-0.15, -0.1) is 0 Å². The molecule has 0 aromatic heterocycles. The smallest absolute Gasteiger partial charge is 0.316 e. The lowest BCUT2D eigenvalue weighted by atomic mass is 10.2. The molecule has 108 valence electrons. The molecule has 0 aliphatic rings. The van der Waals surface area contributed by atoms with E-state index in [1.807, 2.05) is 0 Å². The highest BCUT2D eigenvalue weighted by atomic mass is 32.2. The second-order valence-electron chi connectivity index (χ2n) is 4.07. The lowest BCUT2D eigenvalue weighted by molar-refractivity contribution is -0.137. The van der Waals surface area contributed by atoms with Gasteiger partial charge in [0, 0.05) is 12.6 Å². The normalized spacial score (nSPS) is 14.4. The Balaban J connectivity index is 2.96. The Morgan fingerprint density at radius 2 is 1.95 bits per heavy atom. The molecular formula is C11H15F3N2O2S. The van der Waals surface area contributed by atoms with E-state index < -0.39 is 26.7 Å². The van der Waals surface area contributed by atoms with E-state index in [2.05, 4.69) is 10.0 Å². The van der Waals surface area contributed by atoms with Crippen molar-refractivity contribution in [1.29, 1.82) is 0 Å². The van der Waals surface area contributed by atoms with Crippen LogP contribution < -0.4 is 10.0 Å².